The number of aliphatic hydroxyl groups is 1. The number of carbonyl (C=O) groups is 1. The van der Waals surface area contributed by atoms with Gasteiger partial charge in [-0.05, 0) is 30.7 Å². The van der Waals surface area contributed by atoms with E-state index in [9.17, 15) is 9.90 Å². The number of hydrogen-bond acceptors (Lipinski definition) is 3. The Morgan fingerprint density at radius 3 is 2.55 bits per heavy atom. The number of carbonyl (C=O) groups excluding carboxylic acids is 1. The van der Waals surface area contributed by atoms with Crippen LogP contribution in [0.2, 0.25) is 0 Å². The Morgan fingerprint density at radius 1 is 1.40 bits per heavy atom. The topological polar surface area (TPSA) is 61.4 Å². The quantitative estimate of drug-likeness (QED) is 0.639. The van der Waals surface area contributed by atoms with Crippen LogP contribution in [0.3, 0.4) is 0 Å². The lowest BCUT2D eigenvalue weighted by atomic mass is 9.88. The third kappa shape index (κ3) is 4.70. The monoisotopic (exact) mass is 276 g/mol. The van der Waals surface area contributed by atoms with Crippen molar-refractivity contribution in [2.75, 3.05) is 25.0 Å². The molecule has 0 aromatic heterocycles. The summed E-state index contributed by atoms with van der Waals surface area (Å²) in [5.41, 5.74) is 1.44. The summed E-state index contributed by atoms with van der Waals surface area (Å²) in [4.78, 5) is 11.7. The van der Waals surface area contributed by atoms with Gasteiger partial charge < -0.3 is 15.7 Å². The highest BCUT2D eigenvalue weighted by molar-refractivity contribution is 5.94. The molecule has 0 aliphatic heterocycles. The second-order valence-electron chi connectivity index (χ2n) is 5.25. The fourth-order valence-corrected chi connectivity index (χ4v) is 1.61. The van der Waals surface area contributed by atoms with E-state index in [2.05, 4.69) is 24.1 Å². The molecule has 0 aliphatic carbocycles. The van der Waals surface area contributed by atoms with Gasteiger partial charge in [-0.25, -0.2) is 0 Å². The van der Waals surface area contributed by atoms with E-state index >= 15 is 0 Å². The predicted molar refractivity (Wildman–Crippen MR) is 82.9 cm³/mol. The fourth-order valence-electron chi connectivity index (χ4n) is 1.61. The van der Waals surface area contributed by atoms with Gasteiger partial charge in [-0.2, -0.15) is 0 Å². The fraction of sp³-hybridized carbons (Fsp3) is 0.438. The van der Waals surface area contributed by atoms with Crippen molar-refractivity contribution in [1.82, 2.24) is 5.32 Å². The van der Waals surface area contributed by atoms with Crippen LogP contribution < -0.4 is 10.6 Å². The number of nitrogens with one attached hydrogen (secondary N) is 2. The van der Waals surface area contributed by atoms with Crippen molar-refractivity contribution in [2.24, 2.45) is 5.41 Å². The van der Waals surface area contributed by atoms with Gasteiger partial charge in [0.1, 0.15) is 0 Å². The molecule has 0 saturated heterocycles. The smallest absolute Gasteiger partial charge is 0.251 e. The molecule has 20 heavy (non-hydrogen) atoms. The summed E-state index contributed by atoms with van der Waals surface area (Å²) in [5.74, 6) is -0.106. The van der Waals surface area contributed by atoms with Gasteiger partial charge in [0.05, 0.1) is 6.61 Å². The molecule has 1 unspecified atom stereocenters. The van der Waals surface area contributed by atoms with Crippen LogP contribution in [0.1, 0.15) is 30.6 Å². The minimum atomic E-state index is -0.125. The maximum Gasteiger partial charge on any atom is 0.251 e. The van der Waals surface area contributed by atoms with Gasteiger partial charge in [-0.3, -0.25) is 4.79 Å². The van der Waals surface area contributed by atoms with Crippen molar-refractivity contribution >= 4 is 11.6 Å². The van der Waals surface area contributed by atoms with Gasteiger partial charge in [0.2, 0.25) is 0 Å². The first-order valence-corrected chi connectivity index (χ1v) is 6.88. The summed E-state index contributed by atoms with van der Waals surface area (Å²) in [5, 5.41) is 15.4. The largest absolute Gasteiger partial charge is 0.396 e. The summed E-state index contributed by atoms with van der Waals surface area (Å²) >= 11 is 0. The summed E-state index contributed by atoms with van der Waals surface area (Å²) in [6.45, 7) is 8.97. The molecule has 3 N–H and O–H groups in total. The second kappa shape index (κ2) is 7.70. The van der Waals surface area contributed by atoms with Crippen LogP contribution in [-0.4, -0.2) is 30.7 Å². The first-order valence-electron chi connectivity index (χ1n) is 6.88. The molecule has 0 radical (unpaired) electrons. The van der Waals surface area contributed by atoms with E-state index in [4.69, 9.17) is 0 Å². The highest BCUT2D eigenvalue weighted by atomic mass is 16.3. The number of benzene rings is 1. The molecule has 4 heteroatoms. The predicted octanol–water partition coefficient (Wildman–Crippen LogP) is 2.42. The average Bonchev–Trinajstić information content (AvgIpc) is 2.50. The van der Waals surface area contributed by atoms with E-state index in [-0.39, 0.29) is 17.9 Å². The van der Waals surface area contributed by atoms with Crippen molar-refractivity contribution in [3.63, 3.8) is 0 Å². The van der Waals surface area contributed by atoms with Gasteiger partial charge in [0.15, 0.2) is 0 Å². The molecule has 1 aromatic rings. The van der Waals surface area contributed by atoms with E-state index < -0.39 is 0 Å². The number of aliphatic hydroxyl groups excluding tert-OH is 1. The lowest BCUT2D eigenvalue weighted by Gasteiger charge is -2.26. The van der Waals surface area contributed by atoms with Crippen molar-refractivity contribution < 1.29 is 9.90 Å². The maximum atomic E-state index is 11.7. The Hall–Kier alpha value is -1.81. The molecule has 0 heterocycles. The van der Waals surface area contributed by atoms with E-state index in [1.165, 1.54) is 0 Å². The zero-order valence-electron chi connectivity index (χ0n) is 12.3. The lowest BCUT2D eigenvalue weighted by molar-refractivity contribution is 0.0958. The minimum absolute atomic E-state index is 0.106. The van der Waals surface area contributed by atoms with Crippen molar-refractivity contribution in [2.45, 2.75) is 20.3 Å². The SMILES string of the molecule is C=CCNC(=O)c1ccc(NCC(C)(CC)CO)cc1. The highest BCUT2D eigenvalue weighted by Gasteiger charge is 2.20. The van der Waals surface area contributed by atoms with Crippen molar-refractivity contribution in [3.8, 4) is 0 Å². The molecule has 0 aliphatic rings. The average molecular weight is 276 g/mol. The molecule has 0 fully saturated rings. The van der Waals surface area contributed by atoms with Crippen LogP contribution in [0.4, 0.5) is 5.69 Å². The molecule has 1 atom stereocenters. The van der Waals surface area contributed by atoms with Crippen molar-refractivity contribution in [1.29, 1.82) is 0 Å². The first kappa shape index (κ1) is 16.2. The third-order valence-electron chi connectivity index (χ3n) is 3.51. The highest BCUT2D eigenvalue weighted by Crippen LogP contribution is 2.21. The molecular formula is C16H24N2O2. The van der Waals surface area contributed by atoms with Gasteiger partial charge in [0.25, 0.3) is 5.91 Å². The molecule has 0 spiro atoms. The number of anilines is 1. The lowest BCUT2D eigenvalue weighted by Crippen LogP contribution is -2.29. The molecule has 0 bridgehead atoms. The number of rotatable bonds is 8. The zero-order chi connectivity index (χ0) is 15.0. The van der Waals surface area contributed by atoms with E-state index in [1.807, 2.05) is 19.1 Å². The van der Waals surface area contributed by atoms with E-state index in [0.717, 1.165) is 12.1 Å². The summed E-state index contributed by atoms with van der Waals surface area (Å²) < 4.78 is 0. The standard InChI is InChI=1S/C16H24N2O2/c1-4-10-17-15(20)13-6-8-14(9-7-13)18-11-16(3,5-2)12-19/h4,6-9,18-19H,1,5,10-12H2,2-3H3,(H,17,20). The van der Waals surface area contributed by atoms with E-state index in [1.54, 1.807) is 18.2 Å². The maximum absolute atomic E-state index is 11.7. The number of amides is 1. The zero-order valence-corrected chi connectivity index (χ0v) is 12.3. The van der Waals surface area contributed by atoms with Gasteiger partial charge >= 0.3 is 0 Å². The first-order chi connectivity index (χ1) is 9.54. The summed E-state index contributed by atoms with van der Waals surface area (Å²) in [7, 11) is 0. The molecule has 1 amide bonds. The Kier molecular flexibility index (Phi) is 6.25. The molecule has 0 saturated carbocycles. The molecule has 4 nitrogen and oxygen atoms in total. The molecule has 110 valence electrons. The van der Waals surface area contributed by atoms with Crippen LogP contribution in [0.5, 0.6) is 0 Å². The Balaban J connectivity index is 2.58. The Labute approximate surface area is 120 Å². The molecule has 1 aromatic carbocycles. The van der Waals surface area contributed by atoms with Crippen LogP contribution >= 0.6 is 0 Å². The van der Waals surface area contributed by atoms with Crippen LogP contribution in [0, 0.1) is 5.41 Å². The Morgan fingerprint density at radius 2 is 2.05 bits per heavy atom. The van der Waals surface area contributed by atoms with Gasteiger partial charge in [-0.1, -0.05) is 19.9 Å². The molecule has 1 rings (SSSR count). The normalized spacial score (nSPS) is 13.3. The number of hydrogen-bond donors (Lipinski definition) is 3. The minimum Gasteiger partial charge on any atom is -0.396 e. The summed E-state index contributed by atoms with van der Waals surface area (Å²) in [6.07, 6.45) is 2.55. The van der Waals surface area contributed by atoms with E-state index in [0.29, 0.717) is 18.7 Å². The summed E-state index contributed by atoms with van der Waals surface area (Å²) in [6, 6.07) is 7.30. The molecular weight excluding hydrogens is 252 g/mol. The van der Waals surface area contributed by atoms with Gasteiger partial charge in [0, 0.05) is 29.8 Å². The third-order valence-corrected chi connectivity index (χ3v) is 3.51. The van der Waals surface area contributed by atoms with Gasteiger partial charge in [-0.15, -0.1) is 6.58 Å². The second-order valence-corrected chi connectivity index (χ2v) is 5.25. The van der Waals surface area contributed by atoms with Crippen LogP contribution in [-0.2, 0) is 0 Å². The van der Waals surface area contributed by atoms with Crippen LogP contribution in [0.15, 0.2) is 36.9 Å². The van der Waals surface area contributed by atoms with Crippen molar-refractivity contribution in [3.05, 3.63) is 42.5 Å². The van der Waals surface area contributed by atoms with Crippen LogP contribution in [0.25, 0.3) is 0 Å². The Bertz CT molecular complexity index is 436.